The molecule has 1 aromatic carbocycles. The van der Waals surface area contributed by atoms with Gasteiger partial charge in [0.25, 0.3) is 9.84 Å². The molecule has 0 radical (unpaired) electrons. The topological polar surface area (TPSA) is 96.0 Å². The van der Waals surface area contributed by atoms with E-state index in [0.29, 0.717) is 30.4 Å². The van der Waals surface area contributed by atoms with Gasteiger partial charge in [0.15, 0.2) is 0 Å². The first-order valence-electron chi connectivity index (χ1n) is 9.02. The molecule has 2 fully saturated rings. The molecule has 1 saturated heterocycles. The average molecular weight is 395 g/mol. The van der Waals surface area contributed by atoms with Crippen LogP contribution in [0.1, 0.15) is 18.4 Å². The van der Waals surface area contributed by atoms with Crippen LogP contribution in [0, 0.1) is 6.92 Å². The minimum Gasteiger partial charge on any atom is -0.496 e. The van der Waals surface area contributed by atoms with Gasteiger partial charge in [-0.15, -0.1) is 0 Å². The van der Waals surface area contributed by atoms with Crippen molar-refractivity contribution in [2.24, 2.45) is 0 Å². The first-order chi connectivity index (χ1) is 12.8. The van der Waals surface area contributed by atoms with E-state index in [0.717, 1.165) is 13.1 Å². The number of benzene rings is 1. The lowest BCUT2D eigenvalue weighted by atomic mass is 10.2. The van der Waals surface area contributed by atoms with Crippen LogP contribution in [0.2, 0.25) is 0 Å². The fourth-order valence-electron chi connectivity index (χ4n) is 3.26. The van der Waals surface area contributed by atoms with Crippen LogP contribution in [0.15, 0.2) is 23.1 Å². The van der Waals surface area contributed by atoms with Crippen LogP contribution in [-0.2, 0) is 14.6 Å². The number of carbonyl (C=O) groups excluding carboxylic acids is 2. The van der Waals surface area contributed by atoms with Crippen molar-refractivity contribution in [2.45, 2.75) is 30.7 Å². The largest absolute Gasteiger partial charge is 0.496 e. The van der Waals surface area contributed by atoms with Gasteiger partial charge in [0.1, 0.15) is 5.75 Å². The minimum absolute atomic E-state index is 0.121. The van der Waals surface area contributed by atoms with Crippen LogP contribution in [0.25, 0.3) is 0 Å². The number of piperazine rings is 1. The number of hydrogen-bond acceptors (Lipinski definition) is 6. The van der Waals surface area contributed by atoms with E-state index in [2.05, 4.69) is 10.2 Å². The number of nitrogens with one attached hydrogen (secondary N) is 1. The van der Waals surface area contributed by atoms with Crippen LogP contribution in [-0.4, -0.2) is 75.2 Å². The summed E-state index contributed by atoms with van der Waals surface area (Å²) in [5, 5.41) is 1.08. The number of nitrogens with zero attached hydrogens (tertiary/aromatic N) is 2. The second kappa shape index (κ2) is 7.85. The smallest absolute Gasteiger partial charge is 0.341 e. The third-order valence-electron chi connectivity index (χ3n) is 5.03. The minimum atomic E-state index is -4.21. The van der Waals surface area contributed by atoms with Crippen LogP contribution >= 0.6 is 0 Å². The number of sulfone groups is 1. The zero-order valence-electron chi connectivity index (χ0n) is 15.6. The molecular weight excluding hydrogens is 370 g/mol. The quantitative estimate of drug-likeness (QED) is 0.792. The lowest BCUT2D eigenvalue weighted by Crippen LogP contribution is -2.51. The van der Waals surface area contributed by atoms with Crippen molar-refractivity contribution in [3.8, 4) is 5.75 Å². The van der Waals surface area contributed by atoms with Crippen molar-refractivity contribution in [1.29, 1.82) is 0 Å². The van der Waals surface area contributed by atoms with E-state index in [1.54, 1.807) is 11.8 Å². The van der Waals surface area contributed by atoms with Gasteiger partial charge in [-0.1, -0.05) is 0 Å². The molecule has 1 aliphatic heterocycles. The van der Waals surface area contributed by atoms with Crippen molar-refractivity contribution in [3.63, 3.8) is 0 Å². The monoisotopic (exact) mass is 395 g/mol. The van der Waals surface area contributed by atoms with E-state index in [1.807, 2.05) is 0 Å². The van der Waals surface area contributed by atoms with E-state index in [-0.39, 0.29) is 17.3 Å². The van der Waals surface area contributed by atoms with Gasteiger partial charge in [-0.05, 0) is 43.5 Å². The van der Waals surface area contributed by atoms with E-state index in [1.165, 1.54) is 38.2 Å². The van der Waals surface area contributed by atoms with Crippen LogP contribution in [0.3, 0.4) is 0 Å². The van der Waals surface area contributed by atoms with Gasteiger partial charge in [-0.25, -0.2) is 8.42 Å². The summed E-state index contributed by atoms with van der Waals surface area (Å²) in [6, 6.07) is 4.87. The van der Waals surface area contributed by atoms with E-state index in [4.69, 9.17) is 4.74 Å². The first kappa shape index (κ1) is 19.6. The number of aryl methyl sites for hydroxylation is 1. The normalized spacial score (nSPS) is 18.2. The summed E-state index contributed by atoms with van der Waals surface area (Å²) in [4.78, 5) is 28.4. The highest BCUT2D eigenvalue weighted by atomic mass is 32.2. The molecule has 27 heavy (non-hydrogen) atoms. The predicted octanol–water partition coefficient (Wildman–Crippen LogP) is 0.794. The molecule has 3 rings (SSSR count). The molecule has 2 amide bonds. The van der Waals surface area contributed by atoms with Gasteiger partial charge in [-0.2, -0.15) is 0 Å². The van der Waals surface area contributed by atoms with Gasteiger partial charge in [-0.3, -0.25) is 14.5 Å². The summed E-state index contributed by atoms with van der Waals surface area (Å²) >= 11 is 0. The molecule has 1 saturated carbocycles. The Labute approximate surface area is 159 Å². The van der Waals surface area contributed by atoms with Gasteiger partial charge < -0.3 is 15.0 Å². The van der Waals surface area contributed by atoms with Crippen molar-refractivity contribution in [2.75, 3.05) is 39.8 Å². The Kier molecular flexibility index (Phi) is 5.71. The number of rotatable bonds is 5. The van der Waals surface area contributed by atoms with Crippen LogP contribution < -0.4 is 10.1 Å². The number of hydrogen-bond donors (Lipinski definition) is 1. The van der Waals surface area contributed by atoms with Gasteiger partial charge >= 0.3 is 5.24 Å². The Bertz CT molecular complexity index is 827. The van der Waals surface area contributed by atoms with Crippen molar-refractivity contribution in [1.82, 2.24) is 15.1 Å². The third-order valence-corrected chi connectivity index (χ3v) is 6.54. The molecule has 2 aliphatic rings. The summed E-state index contributed by atoms with van der Waals surface area (Å²) < 4.78 is 29.9. The number of carbonyl (C=O) groups is 2. The Morgan fingerprint density at radius 1 is 1.19 bits per heavy atom. The number of amides is 2. The SMILES string of the molecule is COc1ccc(S(=O)(=O)C(=O)NCC(=O)N2CCN(C3CC3)CC2)cc1C. The Morgan fingerprint density at radius 3 is 2.41 bits per heavy atom. The molecule has 8 nitrogen and oxygen atoms in total. The molecule has 1 aliphatic carbocycles. The summed E-state index contributed by atoms with van der Waals surface area (Å²) in [6.07, 6.45) is 2.46. The Hall–Kier alpha value is -2.13. The second-order valence-electron chi connectivity index (χ2n) is 6.92. The van der Waals surface area contributed by atoms with E-state index in [9.17, 15) is 18.0 Å². The fourth-order valence-corrected chi connectivity index (χ4v) is 4.31. The van der Waals surface area contributed by atoms with Crippen LogP contribution in [0.5, 0.6) is 5.75 Å². The molecule has 0 atom stereocenters. The number of methoxy groups -OCH3 is 1. The molecule has 1 aromatic rings. The van der Waals surface area contributed by atoms with Gasteiger partial charge in [0.05, 0.1) is 18.6 Å². The summed E-state index contributed by atoms with van der Waals surface area (Å²) in [5.74, 6) is 0.273. The zero-order valence-corrected chi connectivity index (χ0v) is 16.4. The standard InChI is InChI=1S/C18H25N3O5S/c1-13-11-15(5-6-16(13)26-2)27(24,25)18(23)19-12-17(22)21-9-7-20(8-10-21)14-3-4-14/h5-6,11,14H,3-4,7-10,12H2,1-2H3,(H,19,23). The third kappa shape index (κ3) is 4.41. The fraction of sp³-hybridized carbons (Fsp3) is 0.556. The summed E-state index contributed by atoms with van der Waals surface area (Å²) in [7, 11) is -2.72. The highest BCUT2D eigenvalue weighted by molar-refractivity contribution is 8.06. The zero-order chi connectivity index (χ0) is 19.6. The summed E-state index contributed by atoms with van der Waals surface area (Å²) in [6.45, 7) is 4.24. The molecule has 0 bridgehead atoms. The Morgan fingerprint density at radius 2 is 1.85 bits per heavy atom. The molecule has 148 valence electrons. The van der Waals surface area contributed by atoms with E-state index < -0.39 is 15.1 Å². The lowest BCUT2D eigenvalue weighted by molar-refractivity contribution is -0.131. The second-order valence-corrected chi connectivity index (χ2v) is 8.77. The van der Waals surface area contributed by atoms with Crippen molar-refractivity contribution in [3.05, 3.63) is 23.8 Å². The highest BCUT2D eigenvalue weighted by Crippen LogP contribution is 2.27. The molecule has 0 spiro atoms. The molecule has 1 heterocycles. The maximum Gasteiger partial charge on any atom is 0.341 e. The molecule has 0 aromatic heterocycles. The first-order valence-corrected chi connectivity index (χ1v) is 10.5. The molecule has 1 N–H and O–H groups in total. The van der Waals surface area contributed by atoms with Crippen molar-refractivity contribution >= 4 is 21.0 Å². The molecular formula is C18H25N3O5S. The van der Waals surface area contributed by atoms with Crippen LogP contribution in [0.4, 0.5) is 4.79 Å². The highest BCUT2D eigenvalue weighted by Gasteiger charge is 2.32. The summed E-state index contributed by atoms with van der Waals surface area (Å²) in [5.41, 5.74) is 0.607. The maximum absolute atomic E-state index is 12.4. The molecule has 9 heteroatoms. The molecule has 0 unspecified atom stereocenters. The average Bonchev–Trinajstić information content (AvgIpc) is 3.51. The van der Waals surface area contributed by atoms with Gasteiger partial charge in [0, 0.05) is 32.2 Å². The Balaban J connectivity index is 1.54. The number of ether oxygens (including phenoxy) is 1. The van der Waals surface area contributed by atoms with Gasteiger partial charge in [0.2, 0.25) is 5.91 Å². The van der Waals surface area contributed by atoms with E-state index >= 15 is 0 Å². The lowest BCUT2D eigenvalue weighted by Gasteiger charge is -2.34. The maximum atomic E-state index is 12.4. The van der Waals surface area contributed by atoms with Crippen molar-refractivity contribution < 1.29 is 22.7 Å². The predicted molar refractivity (Wildman–Crippen MR) is 99.5 cm³/mol.